The third kappa shape index (κ3) is 3.47. The van der Waals surface area contributed by atoms with Crippen LogP contribution in [0.15, 0.2) is 18.2 Å². The Hall–Kier alpha value is -0.190. The Morgan fingerprint density at radius 3 is 2.74 bits per heavy atom. The molecule has 3 atom stereocenters. The second-order valence-electron chi connectivity index (χ2n) is 4.93. The van der Waals surface area contributed by atoms with E-state index in [1.165, 1.54) is 23.5 Å². The summed E-state index contributed by atoms with van der Waals surface area (Å²) in [5, 5.41) is 4.69. The zero-order chi connectivity index (χ0) is 13.8. The smallest absolute Gasteiger partial charge is 0.126 e. The van der Waals surface area contributed by atoms with Gasteiger partial charge < -0.3 is 5.32 Å². The molecule has 1 aromatic rings. The molecule has 1 fully saturated rings. The fourth-order valence-corrected chi connectivity index (χ4v) is 5.92. The van der Waals surface area contributed by atoms with Crippen LogP contribution in [0.3, 0.4) is 0 Å². The number of halogens is 1. The van der Waals surface area contributed by atoms with Crippen LogP contribution in [-0.4, -0.2) is 29.1 Å². The average Bonchev–Trinajstić information content (AvgIpc) is 2.44. The lowest BCUT2D eigenvalue weighted by Crippen LogP contribution is -2.37. The summed E-state index contributed by atoms with van der Waals surface area (Å²) in [7, 11) is 2.01. The summed E-state index contributed by atoms with van der Waals surface area (Å²) in [6.45, 7) is 4.10. The molecule has 106 valence electrons. The van der Waals surface area contributed by atoms with E-state index in [0.29, 0.717) is 16.5 Å². The van der Waals surface area contributed by atoms with Crippen molar-refractivity contribution in [2.75, 3.05) is 18.6 Å². The normalized spacial score (nSPS) is 25.3. The van der Waals surface area contributed by atoms with Crippen molar-refractivity contribution in [3.05, 3.63) is 35.1 Å². The molecule has 1 heterocycles. The van der Waals surface area contributed by atoms with Gasteiger partial charge in [0.15, 0.2) is 0 Å². The van der Waals surface area contributed by atoms with E-state index < -0.39 is 0 Å². The minimum Gasteiger partial charge on any atom is -0.312 e. The Balaban J connectivity index is 2.24. The van der Waals surface area contributed by atoms with Gasteiger partial charge in [-0.25, -0.2) is 4.39 Å². The molecule has 4 heteroatoms. The molecule has 1 N–H and O–H groups in total. The quantitative estimate of drug-likeness (QED) is 0.902. The van der Waals surface area contributed by atoms with Gasteiger partial charge in [-0.2, -0.15) is 23.5 Å². The molecule has 0 radical (unpaired) electrons. The summed E-state index contributed by atoms with van der Waals surface area (Å²) >= 11 is 4.14. The molecule has 1 aliphatic heterocycles. The van der Waals surface area contributed by atoms with Crippen LogP contribution in [0, 0.1) is 12.7 Å². The largest absolute Gasteiger partial charge is 0.312 e. The average molecular weight is 299 g/mol. The maximum atomic E-state index is 13.4. The van der Waals surface area contributed by atoms with Crippen molar-refractivity contribution in [3.63, 3.8) is 0 Å². The van der Waals surface area contributed by atoms with Crippen LogP contribution in [0.1, 0.15) is 30.5 Å². The lowest BCUT2D eigenvalue weighted by molar-refractivity contribution is 0.540. The molecule has 2 rings (SSSR count). The summed E-state index contributed by atoms with van der Waals surface area (Å²) in [4.78, 5) is 0. The van der Waals surface area contributed by atoms with E-state index in [1.807, 2.05) is 26.1 Å². The lowest BCUT2D eigenvalue weighted by atomic mass is 9.98. The molecule has 0 aliphatic carbocycles. The van der Waals surface area contributed by atoms with Gasteiger partial charge in [0.25, 0.3) is 0 Å². The molecule has 0 spiro atoms. The van der Waals surface area contributed by atoms with Crippen LogP contribution >= 0.6 is 23.5 Å². The van der Waals surface area contributed by atoms with E-state index in [2.05, 4.69) is 35.8 Å². The lowest BCUT2D eigenvalue weighted by Gasteiger charge is -2.36. The number of benzene rings is 1. The predicted molar refractivity (Wildman–Crippen MR) is 85.7 cm³/mol. The molecule has 19 heavy (non-hydrogen) atoms. The molecular weight excluding hydrogens is 277 g/mol. The Labute approximate surface area is 124 Å². The van der Waals surface area contributed by atoms with Crippen LogP contribution in [-0.2, 0) is 0 Å². The number of hydrogen-bond donors (Lipinski definition) is 1. The zero-order valence-electron chi connectivity index (χ0n) is 11.8. The summed E-state index contributed by atoms with van der Waals surface area (Å²) in [6.07, 6.45) is 1.20. The molecule has 0 amide bonds. The van der Waals surface area contributed by atoms with Crippen LogP contribution in [0.4, 0.5) is 4.39 Å². The Kier molecular flexibility index (Phi) is 5.60. The van der Waals surface area contributed by atoms with Gasteiger partial charge in [0.05, 0.1) is 0 Å². The second-order valence-corrected chi connectivity index (χ2v) is 7.56. The number of rotatable bonds is 4. The molecule has 1 aliphatic rings. The van der Waals surface area contributed by atoms with Gasteiger partial charge in [0.1, 0.15) is 5.82 Å². The van der Waals surface area contributed by atoms with E-state index in [9.17, 15) is 4.39 Å². The Bertz CT molecular complexity index is 425. The van der Waals surface area contributed by atoms with Crippen LogP contribution in [0.2, 0.25) is 0 Å². The van der Waals surface area contributed by atoms with E-state index >= 15 is 0 Å². The van der Waals surface area contributed by atoms with Crippen molar-refractivity contribution in [1.29, 1.82) is 0 Å². The minimum absolute atomic E-state index is 0.115. The fraction of sp³-hybridized carbons (Fsp3) is 0.600. The topological polar surface area (TPSA) is 12.0 Å². The molecule has 1 aromatic carbocycles. The molecule has 3 unspecified atom stereocenters. The van der Waals surface area contributed by atoms with Crippen LogP contribution < -0.4 is 5.32 Å². The minimum atomic E-state index is -0.115. The highest BCUT2D eigenvalue weighted by Crippen LogP contribution is 2.40. The van der Waals surface area contributed by atoms with Crippen molar-refractivity contribution in [1.82, 2.24) is 5.32 Å². The second kappa shape index (κ2) is 7.00. The maximum Gasteiger partial charge on any atom is 0.126 e. The first-order chi connectivity index (χ1) is 9.17. The van der Waals surface area contributed by atoms with E-state index in [4.69, 9.17) is 0 Å². The van der Waals surface area contributed by atoms with Gasteiger partial charge in [0.2, 0.25) is 0 Å². The molecule has 1 nitrogen and oxygen atoms in total. The van der Waals surface area contributed by atoms with Crippen molar-refractivity contribution in [2.24, 2.45) is 0 Å². The highest BCUT2D eigenvalue weighted by Gasteiger charge is 2.32. The highest BCUT2D eigenvalue weighted by molar-refractivity contribution is 8.07. The summed E-state index contributed by atoms with van der Waals surface area (Å²) < 4.78 is 13.4. The number of aryl methyl sites for hydroxylation is 1. The van der Waals surface area contributed by atoms with Gasteiger partial charge in [-0.1, -0.05) is 19.1 Å². The van der Waals surface area contributed by atoms with Crippen molar-refractivity contribution < 1.29 is 4.39 Å². The summed E-state index contributed by atoms with van der Waals surface area (Å²) in [5.41, 5.74) is 1.94. The van der Waals surface area contributed by atoms with Crippen molar-refractivity contribution in [3.8, 4) is 0 Å². The zero-order valence-corrected chi connectivity index (χ0v) is 13.4. The molecule has 0 aromatic heterocycles. The first-order valence-corrected chi connectivity index (χ1v) is 8.93. The van der Waals surface area contributed by atoms with Gasteiger partial charge in [0, 0.05) is 28.0 Å². The Morgan fingerprint density at radius 1 is 1.37 bits per heavy atom. The monoisotopic (exact) mass is 299 g/mol. The Morgan fingerprint density at radius 2 is 2.11 bits per heavy atom. The third-order valence-electron chi connectivity index (χ3n) is 3.68. The van der Waals surface area contributed by atoms with Gasteiger partial charge >= 0.3 is 0 Å². The highest BCUT2D eigenvalue weighted by atomic mass is 32.2. The molecule has 0 bridgehead atoms. The number of nitrogens with one attached hydrogen (secondary N) is 1. The first kappa shape index (κ1) is 15.2. The molecule has 1 saturated heterocycles. The maximum absolute atomic E-state index is 13.4. The summed E-state index contributed by atoms with van der Waals surface area (Å²) in [5.74, 6) is 2.35. The standard InChI is InChI=1S/C15H22FNS2/c1-4-13-15(19-8-7-18-13)14(17-3)11-5-6-12(16)10(2)9-11/h5-6,9,13-15,17H,4,7-8H2,1-3H3. The van der Waals surface area contributed by atoms with Gasteiger partial charge in [-0.3, -0.25) is 0 Å². The van der Waals surface area contributed by atoms with Crippen LogP contribution in [0.5, 0.6) is 0 Å². The number of hydrogen-bond acceptors (Lipinski definition) is 3. The fourth-order valence-electron chi connectivity index (χ4n) is 2.63. The predicted octanol–water partition coefficient (Wildman–Crippen LogP) is 4.02. The van der Waals surface area contributed by atoms with Crippen LogP contribution in [0.25, 0.3) is 0 Å². The molecule has 0 saturated carbocycles. The SMILES string of the molecule is CCC1SCCSC1C(NC)c1ccc(F)c(C)c1. The molecular formula is C15H22FNS2. The van der Waals surface area contributed by atoms with E-state index in [-0.39, 0.29) is 5.82 Å². The van der Waals surface area contributed by atoms with Gasteiger partial charge in [-0.05, 0) is 37.6 Å². The van der Waals surface area contributed by atoms with Crippen molar-refractivity contribution in [2.45, 2.75) is 36.8 Å². The van der Waals surface area contributed by atoms with E-state index in [0.717, 1.165) is 5.56 Å². The first-order valence-electron chi connectivity index (χ1n) is 6.84. The van der Waals surface area contributed by atoms with Crippen molar-refractivity contribution >= 4 is 23.5 Å². The van der Waals surface area contributed by atoms with E-state index in [1.54, 1.807) is 6.07 Å². The van der Waals surface area contributed by atoms with Gasteiger partial charge in [-0.15, -0.1) is 0 Å². The third-order valence-corrected chi connectivity index (χ3v) is 7.03. The number of thioether (sulfide) groups is 2. The summed E-state index contributed by atoms with van der Waals surface area (Å²) in [6, 6.07) is 5.82.